The number of carboxylic acid groups (broad SMARTS) is 1. The van der Waals surface area contributed by atoms with Gasteiger partial charge in [0.05, 0.1) is 10.2 Å². The minimum atomic E-state index is -0.880. The number of nitrogens with zero attached hydrogens (tertiary/aromatic N) is 2. The van der Waals surface area contributed by atoms with Gasteiger partial charge in [-0.3, -0.25) is 19.7 Å². The molecular weight excluding hydrogens is 308 g/mol. The first-order valence-corrected chi connectivity index (χ1v) is 7.57. The minimum absolute atomic E-state index is 0.00844. The molecule has 22 heavy (non-hydrogen) atoms. The normalized spacial score (nSPS) is 11.7. The molecule has 1 unspecified atom stereocenters. The minimum Gasteiger partial charge on any atom is -0.481 e. The lowest BCUT2D eigenvalue weighted by Gasteiger charge is -2.20. The zero-order valence-electron chi connectivity index (χ0n) is 12.4. The molecule has 1 N–H and O–H groups in total. The van der Waals surface area contributed by atoms with Crippen LogP contribution in [-0.4, -0.2) is 45.6 Å². The van der Waals surface area contributed by atoms with E-state index in [-0.39, 0.29) is 23.3 Å². The highest BCUT2D eigenvalue weighted by Crippen LogP contribution is 2.26. The Morgan fingerprint density at radius 1 is 1.36 bits per heavy atom. The summed E-state index contributed by atoms with van der Waals surface area (Å²) in [5.41, 5.74) is 0.00844. The average molecular weight is 326 g/mol. The second-order valence-electron chi connectivity index (χ2n) is 4.77. The maximum atomic E-state index is 12.1. The molecule has 7 nitrogen and oxygen atoms in total. The van der Waals surface area contributed by atoms with Gasteiger partial charge in [-0.05, 0) is 25.5 Å². The maximum absolute atomic E-state index is 12.1. The van der Waals surface area contributed by atoms with Gasteiger partial charge in [0.15, 0.2) is 0 Å². The van der Waals surface area contributed by atoms with E-state index in [0.717, 1.165) is 4.90 Å². The van der Waals surface area contributed by atoms with E-state index in [2.05, 4.69) is 0 Å². The van der Waals surface area contributed by atoms with Gasteiger partial charge in [0.1, 0.15) is 0 Å². The Morgan fingerprint density at radius 2 is 1.95 bits per heavy atom. The predicted molar refractivity (Wildman–Crippen MR) is 82.9 cm³/mol. The largest absolute Gasteiger partial charge is 0.481 e. The van der Waals surface area contributed by atoms with Gasteiger partial charge >= 0.3 is 5.97 Å². The van der Waals surface area contributed by atoms with E-state index in [0.29, 0.717) is 13.0 Å². The van der Waals surface area contributed by atoms with Gasteiger partial charge in [-0.25, -0.2) is 0 Å². The SMILES string of the molecule is CC(Sc1ccc([N+](=O)[O-])cc1)C(=O)N(C)CCCC(=O)O. The van der Waals surface area contributed by atoms with E-state index in [1.165, 1.54) is 28.8 Å². The van der Waals surface area contributed by atoms with Crippen molar-refractivity contribution in [3.8, 4) is 0 Å². The number of hydrogen-bond acceptors (Lipinski definition) is 5. The van der Waals surface area contributed by atoms with Crippen LogP contribution in [-0.2, 0) is 9.59 Å². The zero-order valence-corrected chi connectivity index (χ0v) is 13.2. The zero-order chi connectivity index (χ0) is 16.7. The molecule has 0 radical (unpaired) electrons. The molecule has 8 heteroatoms. The van der Waals surface area contributed by atoms with Crippen LogP contribution < -0.4 is 0 Å². The first kappa shape index (κ1) is 18.0. The quantitative estimate of drug-likeness (QED) is 0.447. The van der Waals surface area contributed by atoms with E-state index >= 15 is 0 Å². The molecule has 1 aromatic carbocycles. The van der Waals surface area contributed by atoms with Crippen molar-refractivity contribution in [1.29, 1.82) is 0 Å². The van der Waals surface area contributed by atoms with E-state index in [9.17, 15) is 19.7 Å². The summed E-state index contributed by atoms with van der Waals surface area (Å²) in [6, 6.07) is 6.01. The number of thioether (sulfide) groups is 1. The van der Waals surface area contributed by atoms with Gasteiger partial charge in [0.2, 0.25) is 5.91 Å². The average Bonchev–Trinajstić information content (AvgIpc) is 2.46. The number of hydrogen-bond donors (Lipinski definition) is 1. The fourth-order valence-electron chi connectivity index (χ4n) is 1.79. The van der Waals surface area contributed by atoms with Crippen molar-refractivity contribution < 1.29 is 19.6 Å². The molecular formula is C14H18N2O5S. The molecule has 1 atom stereocenters. The lowest BCUT2D eigenvalue weighted by molar-refractivity contribution is -0.384. The number of amides is 1. The highest BCUT2D eigenvalue weighted by Gasteiger charge is 2.19. The smallest absolute Gasteiger partial charge is 0.303 e. The van der Waals surface area contributed by atoms with Crippen LogP contribution in [0.5, 0.6) is 0 Å². The second kappa shape index (κ2) is 8.38. The number of nitro groups is 1. The van der Waals surface area contributed by atoms with Gasteiger partial charge in [0.25, 0.3) is 5.69 Å². The number of carbonyl (C=O) groups is 2. The van der Waals surface area contributed by atoms with Crippen LogP contribution in [0.25, 0.3) is 0 Å². The summed E-state index contributed by atoms with van der Waals surface area (Å²) in [5, 5.41) is 18.8. The van der Waals surface area contributed by atoms with Crippen LogP contribution in [0.2, 0.25) is 0 Å². The fourth-order valence-corrected chi connectivity index (χ4v) is 2.77. The van der Waals surface area contributed by atoms with Crippen molar-refractivity contribution >= 4 is 29.3 Å². The van der Waals surface area contributed by atoms with Gasteiger partial charge in [0, 0.05) is 37.0 Å². The van der Waals surface area contributed by atoms with Gasteiger partial charge in [-0.1, -0.05) is 0 Å². The van der Waals surface area contributed by atoms with Crippen LogP contribution in [0.15, 0.2) is 29.2 Å². The molecule has 1 aromatic rings. The van der Waals surface area contributed by atoms with Gasteiger partial charge in [-0.2, -0.15) is 0 Å². The van der Waals surface area contributed by atoms with Gasteiger partial charge < -0.3 is 10.0 Å². The highest BCUT2D eigenvalue weighted by molar-refractivity contribution is 8.00. The Bertz CT molecular complexity index is 547. The van der Waals surface area contributed by atoms with E-state index < -0.39 is 10.9 Å². The Morgan fingerprint density at radius 3 is 2.45 bits per heavy atom. The first-order valence-electron chi connectivity index (χ1n) is 6.69. The molecule has 0 saturated carbocycles. The highest BCUT2D eigenvalue weighted by atomic mass is 32.2. The number of rotatable bonds is 8. The van der Waals surface area contributed by atoms with Crippen molar-refractivity contribution in [2.45, 2.75) is 29.9 Å². The van der Waals surface area contributed by atoms with Crippen LogP contribution in [0.4, 0.5) is 5.69 Å². The Labute approximate surface area is 132 Å². The Hall–Kier alpha value is -2.09. The van der Waals surface area contributed by atoms with Crippen molar-refractivity contribution in [3.05, 3.63) is 34.4 Å². The summed E-state index contributed by atoms with van der Waals surface area (Å²) >= 11 is 1.31. The lowest BCUT2D eigenvalue weighted by Crippen LogP contribution is -2.34. The number of carbonyl (C=O) groups excluding carboxylic acids is 1. The summed E-state index contributed by atoms with van der Waals surface area (Å²) in [6.07, 6.45) is 0.438. The molecule has 0 heterocycles. The van der Waals surface area contributed by atoms with Crippen LogP contribution in [0, 0.1) is 10.1 Å². The van der Waals surface area contributed by atoms with Gasteiger partial charge in [-0.15, -0.1) is 11.8 Å². The summed E-state index contributed by atoms with van der Waals surface area (Å²) in [4.78, 5) is 35.0. The third-order valence-electron chi connectivity index (χ3n) is 2.97. The van der Waals surface area contributed by atoms with Crippen molar-refractivity contribution in [1.82, 2.24) is 4.90 Å². The van der Waals surface area contributed by atoms with Crippen LogP contribution in [0.1, 0.15) is 19.8 Å². The molecule has 120 valence electrons. The molecule has 0 fully saturated rings. The lowest BCUT2D eigenvalue weighted by atomic mass is 10.3. The van der Waals surface area contributed by atoms with E-state index in [4.69, 9.17) is 5.11 Å². The molecule has 0 aromatic heterocycles. The molecule has 0 aliphatic heterocycles. The summed E-state index contributed by atoms with van der Waals surface area (Å²) in [7, 11) is 1.64. The number of non-ortho nitro benzene ring substituents is 1. The van der Waals surface area contributed by atoms with Crippen molar-refractivity contribution in [3.63, 3.8) is 0 Å². The second-order valence-corrected chi connectivity index (χ2v) is 6.18. The third kappa shape index (κ3) is 5.72. The third-order valence-corrected chi connectivity index (χ3v) is 4.07. The summed E-state index contributed by atoms with van der Waals surface area (Å²) in [6.45, 7) is 2.14. The summed E-state index contributed by atoms with van der Waals surface area (Å²) in [5.74, 6) is -0.983. The molecule has 0 saturated heterocycles. The van der Waals surface area contributed by atoms with E-state index in [1.807, 2.05) is 0 Å². The first-order chi connectivity index (χ1) is 10.3. The monoisotopic (exact) mass is 326 g/mol. The molecule has 0 aliphatic carbocycles. The molecule has 0 spiro atoms. The topological polar surface area (TPSA) is 101 Å². The Kier molecular flexibility index (Phi) is 6.84. The Balaban J connectivity index is 2.52. The summed E-state index contributed by atoms with van der Waals surface area (Å²) < 4.78 is 0. The molecule has 1 amide bonds. The number of aliphatic carboxylic acids is 1. The van der Waals surface area contributed by atoms with Crippen molar-refractivity contribution in [2.75, 3.05) is 13.6 Å². The van der Waals surface area contributed by atoms with Crippen LogP contribution >= 0.6 is 11.8 Å². The molecule has 1 rings (SSSR count). The molecule has 0 aliphatic rings. The molecule has 0 bridgehead atoms. The van der Waals surface area contributed by atoms with Crippen molar-refractivity contribution in [2.24, 2.45) is 0 Å². The van der Waals surface area contributed by atoms with E-state index in [1.54, 1.807) is 26.1 Å². The fraction of sp³-hybridized carbons (Fsp3) is 0.429. The van der Waals surface area contributed by atoms with Crippen LogP contribution in [0.3, 0.4) is 0 Å². The number of benzene rings is 1. The predicted octanol–water partition coefficient (Wildman–Crippen LogP) is 2.40. The standard InChI is InChI=1S/C14H18N2O5S/c1-10(14(19)15(2)9-3-4-13(17)18)22-12-7-5-11(6-8-12)16(20)21/h5-8,10H,3-4,9H2,1-2H3,(H,17,18). The maximum Gasteiger partial charge on any atom is 0.303 e. The number of nitro benzene ring substituents is 1. The number of carboxylic acids is 1.